The molecule has 0 aliphatic rings. The molecule has 0 bridgehead atoms. The average molecular weight is 243 g/mol. The zero-order chi connectivity index (χ0) is 12.3. The highest BCUT2D eigenvalue weighted by atomic mass is 32.2. The van der Waals surface area contributed by atoms with Crippen molar-refractivity contribution < 1.29 is 13.2 Å². The van der Waals surface area contributed by atoms with E-state index in [1.54, 1.807) is 19.1 Å². The van der Waals surface area contributed by atoms with Crippen LogP contribution in [0.1, 0.15) is 12.5 Å². The molecule has 0 saturated carbocycles. The van der Waals surface area contributed by atoms with Crippen LogP contribution in [0.3, 0.4) is 0 Å². The third kappa shape index (κ3) is 3.87. The van der Waals surface area contributed by atoms with Crippen molar-refractivity contribution in [3.05, 3.63) is 23.8 Å². The predicted octanol–water partition coefficient (Wildman–Crippen LogP) is 0.569. The Bertz CT molecular complexity index is 511. The molecule has 6 nitrogen and oxygen atoms in total. The molecule has 88 valence electrons. The molecule has 0 aliphatic heterocycles. The molecule has 0 aromatic heterocycles. The minimum atomic E-state index is -3.81. The number of hydrogen-bond acceptors (Lipinski definition) is 3. The average Bonchev–Trinajstić information content (AvgIpc) is 2.07. The van der Waals surface area contributed by atoms with Crippen molar-refractivity contribution in [1.82, 2.24) is 0 Å². The highest BCUT2D eigenvalue weighted by Crippen LogP contribution is 2.20. The first-order chi connectivity index (χ1) is 7.28. The Labute approximate surface area is 94.0 Å². The molecule has 7 heteroatoms. The number of carbonyl (C=O) groups is 1. The van der Waals surface area contributed by atoms with E-state index in [9.17, 15) is 13.2 Å². The number of aryl methyl sites for hydroxylation is 1. The Kier molecular flexibility index (Phi) is 3.51. The summed E-state index contributed by atoms with van der Waals surface area (Å²) in [5.41, 5.74) is 1.56. The first kappa shape index (κ1) is 12.5. The molecule has 0 unspecified atom stereocenters. The van der Waals surface area contributed by atoms with Crippen LogP contribution in [0.2, 0.25) is 0 Å². The van der Waals surface area contributed by atoms with E-state index in [1.165, 1.54) is 13.0 Å². The van der Waals surface area contributed by atoms with Crippen LogP contribution in [0.4, 0.5) is 11.4 Å². The van der Waals surface area contributed by atoms with Gasteiger partial charge in [0.25, 0.3) is 10.2 Å². The van der Waals surface area contributed by atoms with Crippen LogP contribution in [0, 0.1) is 6.92 Å². The molecule has 4 N–H and O–H groups in total. The van der Waals surface area contributed by atoms with Crippen LogP contribution >= 0.6 is 0 Å². The van der Waals surface area contributed by atoms with Crippen molar-refractivity contribution in [1.29, 1.82) is 0 Å². The van der Waals surface area contributed by atoms with Crippen molar-refractivity contribution in [2.45, 2.75) is 13.8 Å². The van der Waals surface area contributed by atoms with Crippen LogP contribution in [-0.2, 0) is 15.0 Å². The quantitative estimate of drug-likeness (QED) is 0.723. The van der Waals surface area contributed by atoms with Crippen molar-refractivity contribution >= 4 is 27.5 Å². The van der Waals surface area contributed by atoms with Gasteiger partial charge in [-0.25, -0.2) is 5.14 Å². The summed E-state index contributed by atoms with van der Waals surface area (Å²) in [6, 6.07) is 4.85. The SMILES string of the molecule is CC(=O)Nc1ccc(C)c(NS(N)(=O)=O)c1. The zero-order valence-electron chi connectivity index (χ0n) is 8.94. The summed E-state index contributed by atoms with van der Waals surface area (Å²) in [5.74, 6) is -0.231. The van der Waals surface area contributed by atoms with Gasteiger partial charge in [-0.3, -0.25) is 9.52 Å². The lowest BCUT2D eigenvalue weighted by Crippen LogP contribution is -2.22. The maximum absolute atomic E-state index is 10.9. The van der Waals surface area contributed by atoms with Gasteiger partial charge in [-0.1, -0.05) is 6.07 Å². The second kappa shape index (κ2) is 4.50. The summed E-state index contributed by atoms with van der Waals surface area (Å²) in [6.45, 7) is 3.09. The second-order valence-electron chi connectivity index (χ2n) is 3.36. The van der Waals surface area contributed by atoms with Crippen molar-refractivity contribution in [2.24, 2.45) is 5.14 Å². The van der Waals surface area contributed by atoms with Gasteiger partial charge in [-0.2, -0.15) is 8.42 Å². The molecular weight excluding hydrogens is 230 g/mol. The summed E-state index contributed by atoms with van der Waals surface area (Å²) in [5, 5.41) is 7.41. The number of carbonyl (C=O) groups excluding carboxylic acids is 1. The molecule has 0 heterocycles. The number of amides is 1. The number of rotatable bonds is 3. The van der Waals surface area contributed by atoms with Crippen LogP contribution < -0.4 is 15.2 Å². The maximum atomic E-state index is 10.9. The molecule has 0 radical (unpaired) electrons. The van der Waals surface area contributed by atoms with E-state index in [1.807, 2.05) is 0 Å². The minimum absolute atomic E-state index is 0.231. The van der Waals surface area contributed by atoms with Gasteiger partial charge in [0.1, 0.15) is 0 Å². The molecule has 0 aliphatic carbocycles. The number of anilines is 2. The predicted molar refractivity (Wildman–Crippen MR) is 62.2 cm³/mol. The van der Waals surface area contributed by atoms with E-state index < -0.39 is 10.2 Å². The third-order valence-electron chi connectivity index (χ3n) is 1.81. The smallest absolute Gasteiger partial charge is 0.296 e. The van der Waals surface area contributed by atoms with Gasteiger partial charge >= 0.3 is 0 Å². The van der Waals surface area contributed by atoms with Crippen LogP contribution in [-0.4, -0.2) is 14.3 Å². The van der Waals surface area contributed by atoms with Crippen molar-refractivity contribution in [3.8, 4) is 0 Å². The number of benzene rings is 1. The summed E-state index contributed by atoms with van der Waals surface area (Å²) < 4.78 is 23.9. The van der Waals surface area contributed by atoms with Gasteiger partial charge in [-0.05, 0) is 24.6 Å². The first-order valence-electron chi connectivity index (χ1n) is 4.47. The normalized spacial score (nSPS) is 10.9. The lowest BCUT2D eigenvalue weighted by molar-refractivity contribution is -0.114. The van der Waals surface area contributed by atoms with Gasteiger partial charge in [0.15, 0.2) is 0 Å². The van der Waals surface area contributed by atoms with Gasteiger partial charge in [0.2, 0.25) is 5.91 Å². The monoisotopic (exact) mass is 243 g/mol. The largest absolute Gasteiger partial charge is 0.326 e. The summed E-state index contributed by atoms with van der Waals surface area (Å²) >= 11 is 0. The van der Waals surface area contributed by atoms with Gasteiger partial charge in [-0.15, -0.1) is 0 Å². The number of nitrogens with two attached hydrogens (primary N) is 1. The van der Waals surface area contributed by atoms with Crippen LogP contribution in [0.25, 0.3) is 0 Å². The zero-order valence-corrected chi connectivity index (χ0v) is 9.76. The van der Waals surface area contributed by atoms with E-state index in [0.29, 0.717) is 16.9 Å². The second-order valence-corrected chi connectivity index (χ2v) is 4.65. The van der Waals surface area contributed by atoms with Gasteiger partial charge < -0.3 is 5.32 Å². The molecule has 1 aromatic rings. The molecule has 0 atom stereocenters. The summed E-state index contributed by atoms with van der Waals surface area (Å²) in [4.78, 5) is 10.8. The Balaban J connectivity index is 3.04. The van der Waals surface area contributed by atoms with Crippen molar-refractivity contribution in [3.63, 3.8) is 0 Å². The number of nitrogens with one attached hydrogen (secondary N) is 2. The first-order valence-corrected chi connectivity index (χ1v) is 6.01. The molecule has 16 heavy (non-hydrogen) atoms. The lowest BCUT2D eigenvalue weighted by Gasteiger charge is -2.09. The van der Waals surface area contributed by atoms with E-state index in [2.05, 4.69) is 10.0 Å². The fourth-order valence-electron chi connectivity index (χ4n) is 1.17. The van der Waals surface area contributed by atoms with E-state index in [0.717, 1.165) is 0 Å². The summed E-state index contributed by atoms with van der Waals surface area (Å²) in [7, 11) is -3.81. The molecule has 0 saturated heterocycles. The van der Waals surface area contributed by atoms with E-state index in [4.69, 9.17) is 5.14 Å². The van der Waals surface area contributed by atoms with Gasteiger partial charge in [0.05, 0.1) is 5.69 Å². The highest BCUT2D eigenvalue weighted by molar-refractivity contribution is 7.90. The molecule has 1 amide bonds. The molecule has 1 rings (SSSR count). The maximum Gasteiger partial charge on any atom is 0.296 e. The lowest BCUT2D eigenvalue weighted by atomic mass is 10.2. The highest BCUT2D eigenvalue weighted by Gasteiger charge is 2.06. The fourth-order valence-corrected chi connectivity index (χ4v) is 1.69. The van der Waals surface area contributed by atoms with Crippen molar-refractivity contribution in [2.75, 3.05) is 10.0 Å². The Morgan fingerprint density at radius 3 is 2.50 bits per heavy atom. The van der Waals surface area contributed by atoms with E-state index >= 15 is 0 Å². The molecule has 0 fully saturated rings. The minimum Gasteiger partial charge on any atom is -0.326 e. The Hall–Kier alpha value is -1.60. The van der Waals surface area contributed by atoms with Gasteiger partial charge in [0, 0.05) is 12.6 Å². The molecular formula is C9H13N3O3S. The van der Waals surface area contributed by atoms with Crippen LogP contribution in [0.15, 0.2) is 18.2 Å². The molecule has 0 spiro atoms. The third-order valence-corrected chi connectivity index (χ3v) is 2.31. The Morgan fingerprint density at radius 2 is 2.00 bits per heavy atom. The fraction of sp³-hybridized carbons (Fsp3) is 0.222. The standard InChI is InChI=1S/C9H13N3O3S/c1-6-3-4-8(11-7(2)13)5-9(6)12-16(10,14)15/h3-5,12H,1-2H3,(H,11,13)(H2,10,14,15). The number of hydrogen-bond donors (Lipinski definition) is 3. The van der Waals surface area contributed by atoms with Crippen LogP contribution in [0.5, 0.6) is 0 Å². The van der Waals surface area contributed by atoms with E-state index in [-0.39, 0.29) is 5.91 Å². The summed E-state index contributed by atoms with van der Waals surface area (Å²) in [6.07, 6.45) is 0. The Morgan fingerprint density at radius 1 is 1.38 bits per heavy atom. The molecule has 1 aromatic carbocycles. The topological polar surface area (TPSA) is 101 Å².